The van der Waals surface area contributed by atoms with Crippen LogP contribution in [0.3, 0.4) is 0 Å². The largest absolute Gasteiger partial charge is 0.342 e. The monoisotopic (exact) mass is 280 g/mol. The fourth-order valence-corrected chi connectivity index (χ4v) is 3.85. The molecule has 3 nitrogen and oxygen atoms in total. The van der Waals surface area contributed by atoms with Crippen LogP contribution in [0.5, 0.6) is 0 Å². The summed E-state index contributed by atoms with van der Waals surface area (Å²) in [4.78, 5) is 14.1. The summed E-state index contributed by atoms with van der Waals surface area (Å²) >= 11 is 0. The minimum absolute atomic E-state index is 0.141. The van der Waals surface area contributed by atoms with Gasteiger partial charge in [-0.3, -0.25) is 4.79 Å². The standard InChI is InChI=1S/C17H32N2O/c1-4-14-7-5-6-8-16(14)18-15-9-11-19(12-10-15)17(20)13(2)3/h13-16,18H,4-12H2,1-3H3. The molecule has 0 spiro atoms. The summed E-state index contributed by atoms with van der Waals surface area (Å²) in [5.41, 5.74) is 0. The maximum Gasteiger partial charge on any atom is 0.225 e. The van der Waals surface area contributed by atoms with E-state index in [4.69, 9.17) is 0 Å². The van der Waals surface area contributed by atoms with E-state index < -0.39 is 0 Å². The molecule has 1 aliphatic carbocycles. The van der Waals surface area contributed by atoms with Gasteiger partial charge in [0.15, 0.2) is 0 Å². The molecular weight excluding hydrogens is 248 g/mol. The maximum absolute atomic E-state index is 12.0. The van der Waals surface area contributed by atoms with Crippen molar-refractivity contribution in [2.45, 2.75) is 77.8 Å². The Morgan fingerprint density at radius 2 is 1.80 bits per heavy atom. The topological polar surface area (TPSA) is 32.3 Å². The molecule has 0 aromatic carbocycles. The minimum atomic E-state index is 0.141. The number of rotatable bonds is 4. The molecule has 2 rings (SSSR count). The summed E-state index contributed by atoms with van der Waals surface area (Å²) in [5, 5.41) is 3.91. The van der Waals surface area contributed by atoms with Crippen molar-refractivity contribution >= 4 is 5.91 Å². The molecule has 0 radical (unpaired) electrons. The van der Waals surface area contributed by atoms with Gasteiger partial charge < -0.3 is 10.2 Å². The quantitative estimate of drug-likeness (QED) is 0.857. The molecule has 1 saturated carbocycles. The van der Waals surface area contributed by atoms with Crippen LogP contribution < -0.4 is 5.32 Å². The van der Waals surface area contributed by atoms with Gasteiger partial charge >= 0.3 is 0 Å². The Morgan fingerprint density at radius 1 is 1.15 bits per heavy atom. The van der Waals surface area contributed by atoms with Gasteiger partial charge in [0, 0.05) is 31.1 Å². The van der Waals surface area contributed by atoms with E-state index in [0.717, 1.165) is 37.9 Å². The second-order valence-electron chi connectivity index (χ2n) is 6.98. The lowest BCUT2D eigenvalue weighted by atomic mass is 9.82. The smallest absolute Gasteiger partial charge is 0.225 e. The summed E-state index contributed by atoms with van der Waals surface area (Å²) in [6.07, 6.45) is 9.12. The molecule has 2 fully saturated rings. The predicted octanol–water partition coefficient (Wildman–Crippen LogP) is 3.19. The highest BCUT2D eigenvalue weighted by Gasteiger charge is 2.29. The number of nitrogens with zero attached hydrogens (tertiary/aromatic N) is 1. The molecular formula is C17H32N2O. The Balaban J connectivity index is 1.77. The number of piperidine rings is 1. The highest BCUT2D eigenvalue weighted by molar-refractivity contribution is 5.78. The van der Waals surface area contributed by atoms with Crippen LogP contribution in [0.4, 0.5) is 0 Å². The molecule has 2 unspecified atom stereocenters. The Labute approximate surface area is 124 Å². The first-order valence-corrected chi connectivity index (χ1v) is 8.66. The summed E-state index contributed by atoms with van der Waals surface area (Å²) in [6, 6.07) is 1.36. The first-order chi connectivity index (χ1) is 9.61. The Hall–Kier alpha value is -0.570. The zero-order chi connectivity index (χ0) is 14.5. The van der Waals surface area contributed by atoms with Gasteiger partial charge in [-0.2, -0.15) is 0 Å². The summed E-state index contributed by atoms with van der Waals surface area (Å²) in [5.74, 6) is 1.34. The number of nitrogens with one attached hydrogen (secondary N) is 1. The lowest BCUT2D eigenvalue weighted by molar-refractivity contribution is -0.135. The van der Waals surface area contributed by atoms with Crippen LogP contribution in [0.1, 0.15) is 65.7 Å². The summed E-state index contributed by atoms with van der Waals surface area (Å²) in [6.45, 7) is 8.21. The molecule has 2 atom stereocenters. The van der Waals surface area contributed by atoms with Crippen LogP contribution >= 0.6 is 0 Å². The third-order valence-electron chi connectivity index (χ3n) is 5.18. The summed E-state index contributed by atoms with van der Waals surface area (Å²) in [7, 11) is 0. The van der Waals surface area contributed by atoms with Gasteiger partial charge in [0.2, 0.25) is 5.91 Å². The molecule has 1 heterocycles. The Kier molecular flexibility index (Phi) is 5.88. The molecule has 1 aliphatic heterocycles. The van der Waals surface area contributed by atoms with E-state index in [-0.39, 0.29) is 5.92 Å². The molecule has 1 saturated heterocycles. The van der Waals surface area contributed by atoms with Crippen molar-refractivity contribution in [3.8, 4) is 0 Å². The van der Waals surface area contributed by atoms with Gasteiger partial charge in [-0.1, -0.05) is 40.0 Å². The number of likely N-dealkylation sites (tertiary alicyclic amines) is 1. The lowest BCUT2D eigenvalue weighted by Gasteiger charge is -2.39. The average Bonchev–Trinajstić information content (AvgIpc) is 2.48. The Bertz CT molecular complexity index is 308. The highest BCUT2D eigenvalue weighted by Crippen LogP contribution is 2.28. The molecule has 3 heteroatoms. The van der Waals surface area contributed by atoms with E-state index in [1.165, 1.54) is 32.1 Å². The summed E-state index contributed by atoms with van der Waals surface area (Å²) < 4.78 is 0. The van der Waals surface area contributed by atoms with Crippen molar-refractivity contribution in [1.29, 1.82) is 0 Å². The Morgan fingerprint density at radius 3 is 2.40 bits per heavy atom. The molecule has 0 aromatic heterocycles. The van der Waals surface area contributed by atoms with Crippen molar-refractivity contribution in [3.63, 3.8) is 0 Å². The number of hydrogen-bond acceptors (Lipinski definition) is 2. The molecule has 2 aliphatic rings. The SMILES string of the molecule is CCC1CCCCC1NC1CCN(C(=O)C(C)C)CC1. The van der Waals surface area contributed by atoms with Gasteiger partial charge in [-0.15, -0.1) is 0 Å². The molecule has 116 valence electrons. The lowest BCUT2D eigenvalue weighted by Crippen LogP contribution is -2.50. The zero-order valence-corrected chi connectivity index (χ0v) is 13.5. The minimum Gasteiger partial charge on any atom is -0.342 e. The third kappa shape index (κ3) is 3.97. The van der Waals surface area contributed by atoms with Crippen LogP contribution in [0, 0.1) is 11.8 Å². The van der Waals surface area contributed by atoms with E-state index in [0.29, 0.717) is 11.9 Å². The van der Waals surface area contributed by atoms with Crippen LogP contribution in [-0.4, -0.2) is 36.0 Å². The van der Waals surface area contributed by atoms with Crippen LogP contribution in [0.25, 0.3) is 0 Å². The van der Waals surface area contributed by atoms with Crippen molar-refractivity contribution in [1.82, 2.24) is 10.2 Å². The van der Waals surface area contributed by atoms with Gasteiger partial charge in [-0.25, -0.2) is 0 Å². The fourth-order valence-electron chi connectivity index (χ4n) is 3.85. The van der Waals surface area contributed by atoms with Gasteiger partial charge in [0.05, 0.1) is 0 Å². The normalized spacial score (nSPS) is 28.9. The van der Waals surface area contributed by atoms with Crippen LogP contribution in [0.2, 0.25) is 0 Å². The van der Waals surface area contributed by atoms with Crippen LogP contribution in [-0.2, 0) is 4.79 Å². The average molecular weight is 280 g/mol. The van der Waals surface area contributed by atoms with Crippen molar-refractivity contribution < 1.29 is 4.79 Å². The first-order valence-electron chi connectivity index (χ1n) is 8.66. The van der Waals surface area contributed by atoms with Gasteiger partial charge in [0.1, 0.15) is 0 Å². The van der Waals surface area contributed by atoms with Gasteiger partial charge in [-0.05, 0) is 31.6 Å². The van der Waals surface area contributed by atoms with E-state index >= 15 is 0 Å². The molecule has 20 heavy (non-hydrogen) atoms. The molecule has 1 amide bonds. The first kappa shape index (κ1) is 15.8. The third-order valence-corrected chi connectivity index (χ3v) is 5.18. The molecule has 0 bridgehead atoms. The van der Waals surface area contributed by atoms with E-state index in [9.17, 15) is 4.79 Å². The van der Waals surface area contributed by atoms with Crippen molar-refractivity contribution in [2.75, 3.05) is 13.1 Å². The van der Waals surface area contributed by atoms with Crippen molar-refractivity contribution in [2.24, 2.45) is 11.8 Å². The number of hydrogen-bond donors (Lipinski definition) is 1. The van der Waals surface area contributed by atoms with Crippen LogP contribution in [0.15, 0.2) is 0 Å². The molecule has 1 N–H and O–H groups in total. The second kappa shape index (κ2) is 7.44. The van der Waals surface area contributed by atoms with E-state index in [1.807, 2.05) is 13.8 Å². The fraction of sp³-hybridized carbons (Fsp3) is 0.941. The maximum atomic E-state index is 12.0. The second-order valence-corrected chi connectivity index (χ2v) is 6.98. The highest BCUT2D eigenvalue weighted by atomic mass is 16.2. The number of carbonyl (C=O) groups is 1. The van der Waals surface area contributed by atoms with E-state index in [2.05, 4.69) is 17.1 Å². The number of carbonyl (C=O) groups excluding carboxylic acids is 1. The van der Waals surface area contributed by atoms with Gasteiger partial charge in [0.25, 0.3) is 0 Å². The predicted molar refractivity (Wildman–Crippen MR) is 83.6 cm³/mol. The van der Waals surface area contributed by atoms with E-state index in [1.54, 1.807) is 0 Å². The number of amides is 1. The molecule has 0 aromatic rings. The van der Waals surface area contributed by atoms with Crippen molar-refractivity contribution in [3.05, 3.63) is 0 Å². The zero-order valence-electron chi connectivity index (χ0n) is 13.5.